The Morgan fingerprint density at radius 3 is 2.53 bits per heavy atom. The zero-order valence-corrected chi connectivity index (χ0v) is 8.43. The van der Waals surface area contributed by atoms with Crippen molar-refractivity contribution in [2.24, 2.45) is 7.05 Å². The first-order chi connectivity index (χ1) is 7.09. The van der Waals surface area contributed by atoms with Gasteiger partial charge in [0.05, 0.1) is 12.7 Å². The normalized spacial score (nSPS) is 10.5. The van der Waals surface area contributed by atoms with E-state index < -0.39 is 11.4 Å². The van der Waals surface area contributed by atoms with Crippen molar-refractivity contribution in [3.63, 3.8) is 0 Å². The zero-order valence-electron chi connectivity index (χ0n) is 8.43. The van der Waals surface area contributed by atoms with Crippen LogP contribution in [0.2, 0.25) is 0 Å². The molecule has 2 aromatic rings. The fraction of sp³-hybridized carbons (Fsp3) is 0.200. The van der Waals surface area contributed by atoms with Crippen LogP contribution in [0.5, 0.6) is 0 Å². The van der Waals surface area contributed by atoms with Crippen LogP contribution < -0.4 is 11.4 Å². The van der Waals surface area contributed by atoms with Crippen molar-refractivity contribution in [3.8, 4) is 5.69 Å². The van der Waals surface area contributed by atoms with E-state index in [1.165, 1.54) is 7.05 Å². The first-order valence-corrected chi connectivity index (χ1v) is 4.46. The molecule has 0 fully saturated rings. The van der Waals surface area contributed by atoms with Gasteiger partial charge in [-0.3, -0.25) is 0 Å². The van der Waals surface area contributed by atoms with E-state index in [1.54, 1.807) is 18.2 Å². The molecule has 5 nitrogen and oxygen atoms in total. The van der Waals surface area contributed by atoms with Gasteiger partial charge >= 0.3 is 11.4 Å². The summed E-state index contributed by atoms with van der Waals surface area (Å²) >= 11 is 0. The first-order valence-electron chi connectivity index (χ1n) is 4.46. The lowest BCUT2D eigenvalue weighted by molar-refractivity contribution is 0.276. The van der Waals surface area contributed by atoms with E-state index in [2.05, 4.69) is 4.52 Å². The minimum atomic E-state index is -0.673. The summed E-state index contributed by atoms with van der Waals surface area (Å²) in [4.78, 5) is 22.9. The monoisotopic (exact) mass is 206 g/mol. The van der Waals surface area contributed by atoms with Gasteiger partial charge in [0.1, 0.15) is 0 Å². The van der Waals surface area contributed by atoms with Gasteiger partial charge in [0, 0.05) is 0 Å². The third-order valence-corrected chi connectivity index (χ3v) is 2.12. The number of rotatable bonds is 1. The number of aromatic nitrogens is 2. The molecule has 0 aliphatic heterocycles. The van der Waals surface area contributed by atoms with Gasteiger partial charge in [-0.25, -0.2) is 9.59 Å². The molecule has 0 saturated heterocycles. The maximum absolute atomic E-state index is 11.5. The molecule has 1 heterocycles. The molecule has 0 amide bonds. The average molecular weight is 206 g/mol. The summed E-state index contributed by atoms with van der Waals surface area (Å²) in [5.41, 5.74) is 1.02. The molecular weight excluding hydrogens is 196 g/mol. The second kappa shape index (κ2) is 3.27. The van der Waals surface area contributed by atoms with E-state index >= 15 is 0 Å². The number of hydrogen-bond donors (Lipinski definition) is 0. The van der Waals surface area contributed by atoms with Crippen LogP contribution in [-0.4, -0.2) is 9.31 Å². The van der Waals surface area contributed by atoms with Crippen molar-refractivity contribution in [1.29, 1.82) is 0 Å². The maximum atomic E-state index is 11.5. The molecule has 15 heavy (non-hydrogen) atoms. The average Bonchev–Trinajstić information content (AvgIpc) is 2.41. The molecule has 1 aromatic carbocycles. The number of benzene rings is 1. The van der Waals surface area contributed by atoms with Gasteiger partial charge < -0.3 is 4.52 Å². The molecule has 78 valence electrons. The van der Waals surface area contributed by atoms with E-state index in [1.807, 2.05) is 13.0 Å². The Labute approximate surface area is 85.1 Å². The topological polar surface area (TPSA) is 57.1 Å². The zero-order chi connectivity index (χ0) is 11.0. The fourth-order valence-electron chi connectivity index (χ4n) is 1.40. The van der Waals surface area contributed by atoms with Crippen LogP contribution in [-0.2, 0) is 7.05 Å². The number of aryl methyl sites for hydroxylation is 2. The minimum absolute atomic E-state index is 0.481. The van der Waals surface area contributed by atoms with Gasteiger partial charge in [-0.05, 0) is 24.6 Å². The van der Waals surface area contributed by atoms with Crippen molar-refractivity contribution >= 4 is 0 Å². The SMILES string of the molecule is Cc1cccc(-n2c(=O)on(C)c2=O)c1. The van der Waals surface area contributed by atoms with Crippen molar-refractivity contribution in [2.75, 3.05) is 0 Å². The lowest BCUT2D eigenvalue weighted by atomic mass is 10.2. The third-order valence-electron chi connectivity index (χ3n) is 2.12. The summed E-state index contributed by atoms with van der Waals surface area (Å²) in [5, 5.41) is 0. The highest BCUT2D eigenvalue weighted by Gasteiger charge is 2.10. The van der Waals surface area contributed by atoms with Gasteiger partial charge in [-0.1, -0.05) is 12.1 Å². The summed E-state index contributed by atoms with van der Waals surface area (Å²) in [6.07, 6.45) is 0. The second-order valence-electron chi connectivity index (χ2n) is 3.31. The lowest BCUT2D eigenvalue weighted by Gasteiger charge is -1.98. The Balaban J connectivity index is 2.75. The Bertz CT molecular complexity index is 604. The van der Waals surface area contributed by atoms with Crippen molar-refractivity contribution in [1.82, 2.24) is 9.31 Å². The predicted octanol–water partition coefficient (Wildman–Crippen LogP) is 0.438. The molecule has 0 unspecified atom stereocenters. The molecule has 0 aliphatic rings. The summed E-state index contributed by atoms with van der Waals surface area (Å²) in [6.45, 7) is 1.89. The third kappa shape index (κ3) is 1.52. The molecule has 0 aliphatic carbocycles. The second-order valence-corrected chi connectivity index (χ2v) is 3.31. The number of nitrogens with zero attached hydrogens (tertiary/aromatic N) is 2. The Morgan fingerprint density at radius 1 is 1.27 bits per heavy atom. The first kappa shape index (κ1) is 9.51. The molecule has 0 bridgehead atoms. The quantitative estimate of drug-likeness (QED) is 0.680. The van der Waals surface area contributed by atoms with Crippen molar-refractivity contribution in [3.05, 3.63) is 50.9 Å². The molecule has 2 rings (SSSR count). The lowest BCUT2D eigenvalue weighted by Crippen LogP contribution is -2.26. The van der Waals surface area contributed by atoms with Crippen LogP contribution in [0.3, 0.4) is 0 Å². The molecule has 0 N–H and O–H groups in total. The highest BCUT2D eigenvalue weighted by atomic mass is 16.5. The molecule has 0 radical (unpaired) electrons. The van der Waals surface area contributed by atoms with Crippen LogP contribution in [0.1, 0.15) is 5.56 Å². The highest BCUT2D eigenvalue weighted by molar-refractivity contribution is 5.34. The molecule has 0 atom stereocenters. The summed E-state index contributed by atoms with van der Waals surface area (Å²) in [5.74, 6) is -0.673. The van der Waals surface area contributed by atoms with Gasteiger partial charge in [0.2, 0.25) is 0 Å². The summed E-state index contributed by atoms with van der Waals surface area (Å²) in [7, 11) is 1.40. The van der Waals surface area contributed by atoms with Gasteiger partial charge in [-0.15, -0.1) is 0 Å². The molecular formula is C10H10N2O3. The number of hydrogen-bond acceptors (Lipinski definition) is 3. The van der Waals surface area contributed by atoms with Crippen molar-refractivity contribution < 1.29 is 4.52 Å². The highest BCUT2D eigenvalue weighted by Crippen LogP contribution is 2.05. The van der Waals surface area contributed by atoms with Crippen LogP contribution in [0.15, 0.2) is 38.4 Å². The van der Waals surface area contributed by atoms with Crippen LogP contribution in [0, 0.1) is 6.92 Å². The largest absolute Gasteiger partial charge is 0.447 e. The van der Waals surface area contributed by atoms with Gasteiger partial charge in [0.15, 0.2) is 0 Å². The Hall–Kier alpha value is -2.04. The van der Waals surface area contributed by atoms with E-state index in [4.69, 9.17) is 0 Å². The molecule has 1 aromatic heterocycles. The molecule has 0 saturated carbocycles. The van der Waals surface area contributed by atoms with E-state index in [9.17, 15) is 9.59 Å². The minimum Gasteiger partial charge on any atom is -0.317 e. The van der Waals surface area contributed by atoms with E-state index in [-0.39, 0.29) is 0 Å². The summed E-state index contributed by atoms with van der Waals surface area (Å²) < 4.78 is 6.55. The van der Waals surface area contributed by atoms with Gasteiger partial charge in [0.25, 0.3) is 0 Å². The van der Waals surface area contributed by atoms with Crippen LogP contribution in [0.4, 0.5) is 0 Å². The standard InChI is InChI=1S/C10H10N2O3/c1-7-4-3-5-8(6-7)12-9(13)11(2)15-10(12)14/h3-6H,1-2H3. The predicted molar refractivity (Wildman–Crippen MR) is 54.3 cm³/mol. The van der Waals surface area contributed by atoms with Crippen LogP contribution >= 0.6 is 0 Å². The van der Waals surface area contributed by atoms with E-state index in [0.717, 1.165) is 14.9 Å². The molecule has 0 spiro atoms. The van der Waals surface area contributed by atoms with Crippen LogP contribution in [0.25, 0.3) is 5.69 Å². The van der Waals surface area contributed by atoms with E-state index in [0.29, 0.717) is 5.69 Å². The molecule has 5 heteroatoms. The Morgan fingerprint density at radius 2 is 2.00 bits per heavy atom. The van der Waals surface area contributed by atoms with Gasteiger partial charge in [-0.2, -0.15) is 9.31 Å². The maximum Gasteiger partial charge on any atom is 0.447 e. The Kier molecular flexibility index (Phi) is 2.07. The van der Waals surface area contributed by atoms with Crippen molar-refractivity contribution in [2.45, 2.75) is 6.92 Å². The fourth-order valence-corrected chi connectivity index (χ4v) is 1.40. The smallest absolute Gasteiger partial charge is 0.317 e. The summed E-state index contributed by atoms with van der Waals surface area (Å²) in [6, 6.07) is 7.10.